The van der Waals surface area contributed by atoms with Crippen molar-refractivity contribution in [2.75, 3.05) is 23.7 Å². The molecule has 0 unspecified atom stereocenters. The Morgan fingerprint density at radius 3 is 2.40 bits per heavy atom. The Bertz CT molecular complexity index is 792. The first kappa shape index (κ1) is 19.0. The van der Waals surface area contributed by atoms with E-state index < -0.39 is 10.0 Å². The van der Waals surface area contributed by atoms with E-state index in [9.17, 15) is 8.42 Å². The van der Waals surface area contributed by atoms with Crippen molar-refractivity contribution in [2.45, 2.75) is 38.0 Å². The summed E-state index contributed by atoms with van der Waals surface area (Å²) in [7, 11) is -2.18. The summed E-state index contributed by atoms with van der Waals surface area (Å²) in [5.74, 6) is 1.43. The number of sulfonamides is 1. The molecule has 0 aliphatic rings. The third-order valence-corrected chi connectivity index (χ3v) is 5.02. The number of benzene rings is 1. The Kier molecular flexibility index (Phi) is 6.58. The highest BCUT2D eigenvalue weighted by Gasteiger charge is 2.16. The van der Waals surface area contributed by atoms with Gasteiger partial charge in [0.2, 0.25) is 0 Å². The van der Waals surface area contributed by atoms with Crippen molar-refractivity contribution in [2.24, 2.45) is 0 Å². The summed E-state index contributed by atoms with van der Waals surface area (Å²) in [6.45, 7) is 4.75. The standard InChI is InChI=1S/C17H24N4O3S/c1-4-5-6-11-18-16-9-10-17(20-19-16)21-25(22,23)14-7-8-15(24-3)13(2)12-14/h7-10,12H,4-6,11H2,1-3H3,(H,18,19)(H,20,21). The summed E-state index contributed by atoms with van der Waals surface area (Å²) in [6, 6.07) is 7.96. The average molecular weight is 364 g/mol. The predicted molar refractivity (Wildman–Crippen MR) is 98.6 cm³/mol. The van der Waals surface area contributed by atoms with E-state index in [1.165, 1.54) is 6.07 Å². The summed E-state index contributed by atoms with van der Waals surface area (Å²) in [6.07, 6.45) is 3.36. The van der Waals surface area contributed by atoms with Gasteiger partial charge in [0.25, 0.3) is 10.0 Å². The lowest BCUT2D eigenvalue weighted by atomic mass is 10.2. The molecule has 2 N–H and O–H groups in total. The van der Waals surface area contributed by atoms with Crippen molar-refractivity contribution in [3.63, 3.8) is 0 Å². The first-order valence-electron chi connectivity index (χ1n) is 8.21. The van der Waals surface area contributed by atoms with Crippen LogP contribution in [0.3, 0.4) is 0 Å². The number of hydrogen-bond donors (Lipinski definition) is 2. The van der Waals surface area contributed by atoms with E-state index in [1.807, 2.05) is 0 Å². The summed E-state index contributed by atoms with van der Waals surface area (Å²) in [5, 5.41) is 11.1. The summed E-state index contributed by atoms with van der Waals surface area (Å²) >= 11 is 0. The third-order valence-electron chi connectivity index (χ3n) is 3.67. The van der Waals surface area contributed by atoms with Crippen LogP contribution in [0.4, 0.5) is 11.6 Å². The molecular formula is C17H24N4O3S. The van der Waals surface area contributed by atoms with Gasteiger partial charge in [0, 0.05) is 6.54 Å². The molecule has 0 saturated carbocycles. The highest BCUT2D eigenvalue weighted by molar-refractivity contribution is 7.92. The van der Waals surface area contributed by atoms with Crippen LogP contribution in [0.25, 0.3) is 0 Å². The van der Waals surface area contributed by atoms with Gasteiger partial charge in [0.1, 0.15) is 11.6 Å². The number of ether oxygens (including phenoxy) is 1. The molecule has 0 radical (unpaired) electrons. The Labute approximate surface area is 148 Å². The van der Waals surface area contributed by atoms with Crippen LogP contribution in [-0.2, 0) is 10.0 Å². The van der Waals surface area contributed by atoms with Gasteiger partial charge in [-0.15, -0.1) is 10.2 Å². The Balaban J connectivity index is 2.04. The number of aryl methyl sites for hydroxylation is 1. The van der Waals surface area contributed by atoms with E-state index in [0.717, 1.165) is 31.4 Å². The topological polar surface area (TPSA) is 93.2 Å². The molecule has 2 rings (SSSR count). The monoisotopic (exact) mass is 364 g/mol. The van der Waals surface area contributed by atoms with E-state index in [1.54, 1.807) is 38.3 Å². The van der Waals surface area contributed by atoms with E-state index in [2.05, 4.69) is 27.2 Å². The van der Waals surface area contributed by atoms with Crippen molar-refractivity contribution in [3.05, 3.63) is 35.9 Å². The first-order valence-corrected chi connectivity index (χ1v) is 9.69. The van der Waals surface area contributed by atoms with Crippen molar-refractivity contribution < 1.29 is 13.2 Å². The number of nitrogens with one attached hydrogen (secondary N) is 2. The van der Waals surface area contributed by atoms with E-state index >= 15 is 0 Å². The van der Waals surface area contributed by atoms with E-state index in [-0.39, 0.29) is 10.7 Å². The zero-order valence-corrected chi connectivity index (χ0v) is 15.6. The smallest absolute Gasteiger partial charge is 0.263 e. The van der Waals surface area contributed by atoms with Crippen LogP contribution in [0.15, 0.2) is 35.2 Å². The van der Waals surface area contributed by atoms with E-state index in [0.29, 0.717) is 11.6 Å². The second-order valence-corrected chi connectivity index (χ2v) is 7.36. The van der Waals surface area contributed by atoms with Crippen LogP contribution in [0.2, 0.25) is 0 Å². The molecule has 7 nitrogen and oxygen atoms in total. The largest absolute Gasteiger partial charge is 0.496 e. The van der Waals surface area contributed by atoms with Gasteiger partial charge in [-0.05, 0) is 49.2 Å². The fourth-order valence-corrected chi connectivity index (χ4v) is 3.37. The Hall–Kier alpha value is -2.35. The fourth-order valence-electron chi connectivity index (χ4n) is 2.29. The number of aromatic nitrogens is 2. The minimum atomic E-state index is -3.73. The highest BCUT2D eigenvalue weighted by Crippen LogP contribution is 2.22. The van der Waals surface area contributed by atoms with Gasteiger partial charge in [-0.25, -0.2) is 8.42 Å². The van der Waals surface area contributed by atoms with Crippen molar-refractivity contribution in [1.82, 2.24) is 10.2 Å². The Morgan fingerprint density at radius 1 is 1.08 bits per heavy atom. The molecule has 25 heavy (non-hydrogen) atoms. The maximum Gasteiger partial charge on any atom is 0.263 e. The first-order chi connectivity index (χ1) is 12.0. The molecular weight excluding hydrogens is 340 g/mol. The maximum atomic E-state index is 12.4. The Morgan fingerprint density at radius 2 is 1.80 bits per heavy atom. The van der Waals surface area contributed by atoms with Crippen LogP contribution in [0.1, 0.15) is 31.7 Å². The number of anilines is 2. The molecule has 1 aromatic carbocycles. The number of nitrogens with zero attached hydrogens (tertiary/aromatic N) is 2. The van der Waals surface area contributed by atoms with Crippen LogP contribution in [0.5, 0.6) is 5.75 Å². The molecule has 0 aliphatic heterocycles. The molecule has 8 heteroatoms. The number of methoxy groups -OCH3 is 1. The van der Waals surface area contributed by atoms with Gasteiger partial charge in [0.15, 0.2) is 5.82 Å². The fraction of sp³-hybridized carbons (Fsp3) is 0.412. The van der Waals surface area contributed by atoms with Crippen molar-refractivity contribution >= 4 is 21.7 Å². The van der Waals surface area contributed by atoms with E-state index in [4.69, 9.17) is 4.74 Å². The van der Waals surface area contributed by atoms with Gasteiger partial charge in [0.05, 0.1) is 12.0 Å². The molecule has 0 atom stereocenters. The SMILES string of the molecule is CCCCCNc1ccc(NS(=O)(=O)c2ccc(OC)c(C)c2)nn1. The number of unbranched alkanes of at least 4 members (excludes halogenated alkanes) is 2. The molecule has 0 spiro atoms. The van der Waals surface area contributed by atoms with Gasteiger partial charge >= 0.3 is 0 Å². The second-order valence-electron chi connectivity index (χ2n) is 5.67. The molecule has 0 fully saturated rings. The average Bonchev–Trinajstić information content (AvgIpc) is 2.60. The highest BCUT2D eigenvalue weighted by atomic mass is 32.2. The van der Waals surface area contributed by atoms with Gasteiger partial charge in [-0.2, -0.15) is 0 Å². The molecule has 2 aromatic rings. The maximum absolute atomic E-state index is 12.4. The van der Waals surface area contributed by atoms with Crippen LogP contribution < -0.4 is 14.8 Å². The number of rotatable bonds is 9. The lowest BCUT2D eigenvalue weighted by Crippen LogP contribution is -2.15. The molecule has 0 bridgehead atoms. The lowest BCUT2D eigenvalue weighted by Gasteiger charge is -2.10. The summed E-state index contributed by atoms with van der Waals surface area (Å²) < 4.78 is 32.5. The zero-order chi connectivity index (χ0) is 18.3. The minimum Gasteiger partial charge on any atom is -0.496 e. The predicted octanol–water partition coefficient (Wildman–Crippen LogP) is 3.20. The normalized spacial score (nSPS) is 11.2. The minimum absolute atomic E-state index is 0.148. The molecule has 1 aromatic heterocycles. The second kappa shape index (κ2) is 8.66. The summed E-state index contributed by atoms with van der Waals surface area (Å²) in [4.78, 5) is 0.148. The third kappa shape index (κ3) is 5.32. The van der Waals surface area contributed by atoms with Gasteiger partial charge < -0.3 is 10.1 Å². The quantitative estimate of drug-likeness (QED) is 0.664. The summed E-state index contributed by atoms with van der Waals surface area (Å²) in [5.41, 5.74) is 0.739. The molecule has 0 saturated heterocycles. The number of hydrogen-bond acceptors (Lipinski definition) is 6. The molecule has 0 aliphatic carbocycles. The van der Waals surface area contributed by atoms with Crippen molar-refractivity contribution in [3.8, 4) is 5.75 Å². The van der Waals surface area contributed by atoms with Crippen LogP contribution in [-0.4, -0.2) is 32.3 Å². The molecule has 1 heterocycles. The van der Waals surface area contributed by atoms with Crippen LogP contribution >= 0.6 is 0 Å². The van der Waals surface area contributed by atoms with Gasteiger partial charge in [-0.3, -0.25) is 4.72 Å². The molecule has 136 valence electrons. The zero-order valence-electron chi connectivity index (χ0n) is 14.7. The van der Waals surface area contributed by atoms with Crippen molar-refractivity contribution in [1.29, 1.82) is 0 Å². The molecule has 0 amide bonds. The van der Waals surface area contributed by atoms with Gasteiger partial charge in [-0.1, -0.05) is 19.8 Å². The van der Waals surface area contributed by atoms with Crippen LogP contribution in [0, 0.1) is 6.92 Å². The lowest BCUT2D eigenvalue weighted by molar-refractivity contribution is 0.411.